The van der Waals surface area contributed by atoms with Crippen molar-refractivity contribution in [3.63, 3.8) is 0 Å². The molecule has 0 amide bonds. The molecule has 0 spiro atoms. The molecule has 0 aliphatic carbocycles. The van der Waals surface area contributed by atoms with Crippen LogP contribution in [0.4, 0.5) is 5.69 Å². The molecule has 4 rings (SSSR count). The summed E-state index contributed by atoms with van der Waals surface area (Å²) in [6.07, 6.45) is 0. The van der Waals surface area contributed by atoms with Crippen molar-refractivity contribution >= 4 is 37.6 Å². The average Bonchev–Trinajstić information content (AvgIpc) is 3.08. The van der Waals surface area contributed by atoms with Gasteiger partial charge in [-0.1, -0.05) is 18.2 Å². The number of benzene rings is 2. The molecule has 0 bridgehead atoms. The Bertz CT molecular complexity index is 1260. The number of nitrogens with zero attached hydrogens (tertiary/aromatic N) is 1. The van der Waals surface area contributed by atoms with Crippen molar-refractivity contribution in [1.29, 1.82) is 0 Å². The van der Waals surface area contributed by atoms with Crippen molar-refractivity contribution < 1.29 is 47.6 Å². The number of hydrogen-bond donors (Lipinski definition) is 3. The molecular weight excluding hydrogens is 369 g/mol. The second-order valence-corrected chi connectivity index (χ2v) is 6.88. The van der Waals surface area contributed by atoms with E-state index in [0.29, 0.717) is 16.4 Å². The molecule has 0 aliphatic heterocycles. The first-order valence-corrected chi connectivity index (χ1v) is 8.56. The van der Waals surface area contributed by atoms with Crippen LogP contribution in [0, 0.1) is 4.91 Å². The molecule has 10 heteroatoms. The van der Waals surface area contributed by atoms with E-state index in [1.54, 1.807) is 24.3 Å². The second kappa shape index (κ2) is 6.53. The van der Waals surface area contributed by atoms with E-state index in [4.69, 9.17) is 0 Å². The minimum Gasteiger partial charge on any atom is -0.744 e. The predicted octanol–water partition coefficient (Wildman–Crippen LogP) is 0.328. The summed E-state index contributed by atoms with van der Waals surface area (Å²) in [7, 11) is -4.67. The van der Waals surface area contributed by atoms with Gasteiger partial charge in [0.15, 0.2) is 5.88 Å². The Morgan fingerprint density at radius 3 is 2.38 bits per heavy atom. The normalized spacial score (nSPS) is 11.6. The van der Waals surface area contributed by atoms with E-state index in [9.17, 15) is 23.0 Å². The monoisotopic (exact) mass is 379 g/mol. The Kier molecular flexibility index (Phi) is 4.67. The first kappa shape index (κ1) is 18.6. The molecule has 0 fully saturated rings. The third-order valence-corrected chi connectivity index (χ3v) is 4.89. The van der Waals surface area contributed by atoms with Crippen molar-refractivity contribution in [2.75, 3.05) is 0 Å². The summed E-state index contributed by atoms with van der Waals surface area (Å²) in [6, 6.07) is 10.6. The second-order valence-electron chi connectivity index (χ2n) is 5.50. The maximum Gasteiger partial charge on any atom is 1.00 e. The van der Waals surface area contributed by atoms with Gasteiger partial charge in [-0.3, -0.25) is 0 Å². The fourth-order valence-electron chi connectivity index (χ4n) is 2.97. The minimum atomic E-state index is -4.67. The van der Waals surface area contributed by atoms with E-state index < -0.39 is 15.0 Å². The first-order valence-electron chi connectivity index (χ1n) is 7.15. The number of rotatable bonds is 3. The summed E-state index contributed by atoms with van der Waals surface area (Å²) in [6.45, 7) is 0. The van der Waals surface area contributed by atoms with E-state index in [1.807, 2.05) is 0 Å². The van der Waals surface area contributed by atoms with E-state index >= 15 is 0 Å². The molecule has 2 aromatic heterocycles. The Morgan fingerprint density at radius 1 is 1.00 bits per heavy atom. The molecule has 0 atom stereocenters. The van der Waals surface area contributed by atoms with Crippen LogP contribution >= 0.6 is 0 Å². The van der Waals surface area contributed by atoms with Gasteiger partial charge >= 0.3 is 29.6 Å². The van der Waals surface area contributed by atoms with Gasteiger partial charge in [-0.05, 0) is 29.4 Å². The third kappa shape index (κ3) is 2.83. The maximum absolute atomic E-state index is 11.4. The largest absolute Gasteiger partial charge is 1.00 e. The van der Waals surface area contributed by atoms with Crippen LogP contribution in [0.3, 0.4) is 0 Å². The van der Waals surface area contributed by atoms with Crippen LogP contribution in [-0.4, -0.2) is 28.0 Å². The molecule has 2 heterocycles. The van der Waals surface area contributed by atoms with E-state index in [1.165, 1.54) is 6.07 Å². The van der Waals surface area contributed by atoms with Gasteiger partial charge in [-0.2, -0.15) is 0 Å². The summed E-state index contributed by atoms with van der Waals surface area (Å²) in [4.78, 5) is 16.6. The zero-order valence-electron chi connectivity index (χ0n) is 13.5. The number of fused-ring (bicyclic) bond motifs is 2. The topological polar surface area (TPSA) is 138 Å². The van der Waals surface area contributed by atoms with Gasteiger partial charge < -0.3 is 19.6 Å². The SMILES string of the molecule is O=Nc1c(-c2c(O)[nH]c3ccc(S(=O)(=O)[O-])cc23)[nH]c2ccccc12.[Na+]. The fourth-order valence-corrected chi connectivity index (χ4v) is 3.47. The minimum absolute atomic E-state index is 0. The summed E-state index contributed by atoms with van der Waals surface area (Å²) >= 11 is 0. The number of nitroso groups, excluding NO2 is 1. The van der Waals surface area contributed by atoms with Crippen molar-refractivity contribution in [3.05, 3.63) is 47.4 Å². The first-order chi connectivity index (χ1) is 11.9. The summed E-state index contributed by atoms with van der Waals surface area (Å²) < 4.78 is 33.9. The molecule has 0 aliphatic rings. The number of aromatic nitrogens is 2. The molecule has 4 aromatic rings. The van der Waals surface area contributed by atoms with Crippen LogP contribution in [-0.2, 0) is 10.1 Å². The number of aromatic hydroxyl groups is 1. The molecule has 8 nitrogen and oxygen atoms in total. The molecule has 0 saturated heterocycles. The molecule has 126 valence electrons. The van der Waals surface area contributed by atoms with E-state index in [-0.39, 0.29) is 57.8 Å². The van der Waals surface area contributed by atoms with E-state index in [0.717, 1.165) is 12.1 Å². The van der Waals surface area contributed by atoms with Gasteiger partial charge in [0.1, 0.15) is 15.8 Å². The van der Waals surface area contributed by atoms with Gasteiger partial charge in [0.2, 0.25) is 0 Å². The van der Waals surface area contributed by atoms with Gasteiger partial charge in [0, 0.05) is 21.8 Å². The van der Waals surface area contributed by atoms with Crippen molar-refractivity contribution in [3.8, 4) is 17.1 Å². The Balaban J connectivity index is 0.00000196. The number of aromatic amines is 2. The maximum atomic E-state index is 11.4. The van der Waals surface area contributed by atoms with Crippen LogP contribution in [0.1, 0.15) is 0 Å². The van der Waals surface area contributed by atoms with Crippen molar-refractivity contribution in [2.45, 2.75) is 4.90 Å². The number of H-pyrrole nitrogens is 2. The fraction of sp³-hybridized carbons (Fsp3) is 0. The smallest absolute Gasteiger partial charge is 0.744 e. The van der Waals surface area contributed by atoms with Gasteiger partial charge in [0.25, 0.3) is 0 Å². The molecular formula is C16H10N3NaO5S. The van der Waals surface area contributed by atoms with E-state index in [2.05, 4.69) is 15.1 Å². The van der Waals surface area contributed by atoms with Gasteiger partial charge in [-0.15, -0.1) is 4.91 Å². The summed E-state index contributed by atoms with van der Waals surface area (Å²) in [5.41, 5.74) is 1.54. The van der Waals surface area contributed by atoms with Crippen LogP contribution in [0.25, 0.3) is 33.1 Å². The average molecular weight is 379 g/mol. The quantitative estimate of drug-likeness (QED) is 0.267. The van der Waals surface area contributed by atoms with Crippen molar-refractivity contribution in [1.82, 2.24) is 9.97 Å². The molecule has 3 N–H and O–H groups in total. The number of para-hydroxylation sites is 1. The molecule has 0 unspecified atom stereocenters. The van der Waals surface area contributed by atoms with Gasteiger partial charge in [0.05, 0.1) is 16.2 Å². The predicted molar refractivity (Wildman–Crippen MR) is 90.7 cm³/mol. The third-order valence-electron chi connectivity index (χ3n) is 4.06. The van der Waals surface area contributed by atoms with Crippen LogP contribution < -0.4 is 29.6 Å². The van der Waals surface area contributed by atoms with Gasteiger partial charge in [-0.25, -0.2) is 8.42 Å². The standard InChI is InChI=1S/C16H11N3O5S.Na/c20-16-13(10-7-8(25(22,23)24)5-6-12(10)18-16)15-14(19-21)9-3-1-2-4-11(9)17-15;/h1-7,17-18,20H,(H,22,23,24);/q;+1/p-1. The Labute approximate surface area is 169 Å². The van der Waals surface area contributed by atoms with Crippen molar-refractivity contribution in [2.24, 2.45) is 5.18 Å². The Hall–Kier alpha value is -2.17. The zero-order chi connectivity index (χ0) is 17.8. The van der Waals surface area contributed by atoms with Crippen LogP contribution in [0.5, 0.6) is 5.88 Å². The summed E-state index contributed by atoms with van der Waals surface area (Å²) in [5.74, 6) is -0.271. The molecule has 26 heavy (non-hydrogen) atoms. The number of hydrogen-bond acceptors (Lipinski definition) is 6. The Morgan fingerprint density at radius 2 is 1.69 bits per heavy atom. The number of nitrogens with one attached hydrogen (secondary N) is 2. The molecule has 2 aromatic carbocycles. The van der Waals surface area contributed by atoms with Crippen LogP contribution in [0.15, 0.2) is 52.5 Å². The molecule has 0 saturated carbocycles. The summed E-state index contributed by atoms with van der Waals surface area (Å²) in [5, 5.41) is 14.2. The zero-order valence-corrected chi connectivity index (χ0v) is 16.3. The molecule has 0 radical (unpaired) electrons. The van der Waals surface area contributed by atoms with Crippen LogP contribution in [0.2, 0.25) is 0 Å².